The van der Waals surface area contributed by atoms with Crippen molar-refractivity contribution in [3.05, 3.63) is 30.5 Å². The highest BCUT2D eigenvalue weighted by Gasteiger charge is 2.00. The maximum absolute atomic E-state index is 4.46. The van der Waals surface area contributed by atoms with E-state index in [9.17, 15) is 0 Å². The molecule has 98 valence electrons. The first kappa shape index (κ1) is 13.1. The van der Waals surface area contributed by atoms with Gasteiger partial charge in [0.2, 0.25) is 0 Å². The van der Waals surface area contributed by atoms with Crippen molar-refractivity contribution in [2.75, 3.05) is 0 Å². The van der Waals surface area contributed by atoms with Crippen LogP contribution in [0.2, 0.25) is 0 Å². The molecule has 2 aromatic rings. The van der Waals surface area contributed by atoms with Gasteiger partial charge in [-0.25, -0.2) is 0 Å². The van der Waals surface area contributed by atoms with Crippen molar-refractivity contribution >= 4 is 10.9 Å². The van der Waals surface area contributed by atoms with Crippen LogP contribution >= 0.6 is 0 Å². The third kappa shape index (κ3) is 3.59. The molecule has 0 unspecified atom stereocenters. The van der Waals surface area contributed by atoms with Gasteiger partial charge in [0.1, 0.15) is 0 Å². The fourth-order valence-electron chi connectivity index (χ4n) is 2.42. The molecule has 0 saturated carbocycles. The van der Waals surface area contributed by atoms with Crippen molar-refractivity contribution in [3.63, 3.8) is 0 Å². The topological polar surface area (TPSA) is 17.8 Å². The van der Waals surface area contributed by atoms with Crippen LogP contribution < -0.4 is 0 Å². The van der Waals surface area contributed by atoms with Crippen molar-refractivity contribution in [1.29, 1.82) is 0 Å². The number of nitrogens with zero attached hydrogens (tertiary/aromatic N) is 2. The molecule has 1 aromatic carbocycles. The number of unbranched alkanes of at least 4 members (excludes halogenated alkanes) is 6. The van der Waals surface area contributed by atoms with Crippen LogP contribution in [0.4, 0.5) is 0 Å². The molecule has 0 spiro atoms. The van der Waals surface area contributed by atoms with Crippen LogP contribution in [0.25, 0.3) is 10.9 Å². The van der Waals surface area contributed by atoms with Crippen LogP contribution in [0.3, 0.4) is 0 Å². The Labute approximate surface area is 110 Å². The number of para-hydroxylation sites is 1. The predicted octanol–water partition coefficient (Wildman–Crippen LogP) is 4.79. The summed E-state index contributed by atoms with van der Waals surface area (Å²) in [7, 11) is 0. The predicted molar refractivity (Wildman–Crippen MR) is 77.7 cm³/mol. The van der Waals surface area contributed by atoms with E-state index in [1.165, 1.54) is 55.8 Å². The maximum Gasteiger partial charge on any atom is 0.0682 e. The summed E-state index contributed by atoms with van der Waals surface area (Å²) in [4.78, 5) is 0. The normalized spacial score (nSPS) is 11.2. The molecular formula is C16H24N2. The van der Waals surface area contributed by atoms with E-state index >= 15 is 0 Å². The molecule has 18 heavy (non-hydrogen) atoms. The minimum Gasteiger partial charge on any atom is -0.265 e. The molecule has 0 aliphatic carbocycles. The first-order valence-electron chi connectivity index (χ1n) is 7.32. The van der Waals surface area contributed by atoms with Crippen LogP contribution in [0.5, 0.6) is 0 Å². The number of fused-ring (bicyclic) bond motifs is 1. The smallest absolute Gasteiger partial charge is 0.0682 e. The Morgan fingerprint density at radius 1 is 0.944 bits per heavy atom. The number of hydrogen-bond donors (Lipinski definition) is 0. The third-order valence-electron chi connectivity index (χ3n) is 3.52. The Hall–Kier alpha value is -1.31. The Balaban J connectivity index is 1.70. The van der Waals surface area contributed by atoms with E-state index in [1.54, 1.807) is 0 Å². The van der Waals surface area contributed by atoms with Gasteiger partial charge in [0, 0.05) is 11.9 Å². The molecule has 2 rings (SSSR count). The maximum atomic E-state index is 4.46. The van der Waals surface area contributed by atoms with Crippen molar-refractivity contribution < 1.29 is 0 Å². The third-order valence-corrected chi connectivity index (χ3v) is 3.52. The Kier molecular flexibility index (Phi) is 5.25. The lowest BCUT2D eigenvalue weighted by Crippen LogP contribution is -1.99. The van der Waals surface area contributed by atoms with Gasteiger partial charge in [0.25, 0.3) is 0 Å². The summed E-state index contributed by atoms with van der Waals surface area (Å²) >= 11 is 0. The van der Waals surface area contributed by atoms with Crippen LogP contribution in [0.1, 0.15) is 51.9 Å². The zero-order valence-electron chi connectivity index (χ0n) is 11.4. The van der Waals surface area contributed by atoms with Crippen molar-refractivity contribution in [1.82, 2.24) is 9.78 Å². The van der Waals surface area contributed by atoms with Gasteiger partial charge in [-0.1, -0.05) is 63.6 Å². The molecule has 0 amide bonds. The van der Waals surface area contributed by atoms with Crippen molar-refractivity contribution in [2.45, 2.75) is 58.4 Å². The standard InChI is InChI=1S/C16H24N2/c1-2-3-4-5-6-7-10-13-18-16-12-9-8-11-15(16)14-17-18/h8-9,11-12,14H,2-7,10,13H2,1H3. The Morgan fingerprint density at radius 3 is 2.50 bits per heavy atom. The zero-order chi connectivity index (χ0) is 12.6. The quantitative estimate of drug-likeness (QED) is 0.611. The van der Waals surface area contributed by atoms with Gasteiger partial charge < -0.3 is 0 Å². The molecule has 1 aromatic heterocycles. The molecule has 2 nitrogen and oxygen atoms in total. The lowest BCUT2D eigenvalue weighted by atomic mass is 10.1. The van der Waals surface area contributed by atoms with E-state index in [-0.39, 0.29) is 0 Å². The minimum atomic E-state index is 1.06. The summed E-state index contributed by atoms with van der Waals surface area (Å²) < 4.78 is 2.14. The molecule has 0 saturated heterocycles. The average molecular weight is 244 g/mol. The first-order chi connectivity index (χ1) is 8.92. The summed E-state index contributed by atoms with van der Waals surface area (Å²) in [6.07, 6.45) is 11.4. The second-order valence-corrected chi connectivity index (χ2v) is 5.05. The van der Waals surface area contributed by atoms with Crippen LogP contribution in [0.15, 0.2) is 30.5 Å². The summed E-state index contributed by atoms with van der Waals surface area (Å²) in [6.45, 7) is 3.32. The lowest BCUT2D eigenvalue weighted by molar-refractivity contribution is 0.532. The van der Waals surface area contributed by atoms with Gasteiger partial charge in [0.15, 0.2) is 0 Å². The zero-order valence-corrected chi connectivity index (χ0v) is 11.4. The van der Waals surface area contributed by atoms with Gasteiger partial charge >= 0.3 is 0 Å². The highest BCUT2D eigenvalue weighted by molar-refractivity contribution is 5.78. The molecule has 2 heteroatoms. The molecule has 0 fully saturated rings. The number of aryl methyl sites for hydroxylation is 1. The molecular weight excluding hydrogens is 220 g/mol. The van der Waals surface area contributed by atoms with Gasteiger partial charge in [-0.15, -0.1) is 0 Å². The van der Waals surface area contributed by atoms with Gasteiger partial charge in [-0.05, 0) is 12.5 Å². The monoisotopic (exact) mass is 244 g/mol. The molecule has 0 aliphatic rings. The summed E-state index contributed by atoms with van der Waals surface area (Å²) in [5, 5.41) is 5.71. The average Bonchev–Trinajstić information content (AvgIpc) is 2.81. The summed E-state index contributed by atoms with van der Waals surface area (Å²) in [6, 6.07) is 8.44. The van der Waals surface area contributed by atoms with Crippen LogP contribution in [-0.2, 0) is 6.54 Å². The minimum absolute atomic E-state index is 1.06. The summed E-state index contributed by atoms with van der Waals surface area (Å²) in [5.74, 6) is 0. The number of aromatic nitrogens is 2. The Morgan fingerprint density at radius 2 is 1.67 bits per heavy atom. The van der Waals surface area contributed by atoms with E-state index in [1.807, 2.05) is 6.20 Å². The fourth-order valence-corrected chi connectivity index (χ4v) is 2.42. The van der Waals surface area contributed by atoms with Gasteiger partial charge in [-0.3, -0.25) is 4.68 Å². The van der Waals surface area contributed by atoms with E-state index in [4.69, 9.17) is 0 Å². The van der Waals surface area contributed by atoms with E-state index in [0.29, 0.717) is 0 Å². The second kappa shape index (κ2) is 7.20. The highest BCUT2D eigenvalue weighted by atomic mass is 15.3. The molecule has 0 radical (unpaired) electrons. The number of benzene rings is 1. The molecule has 0 atom stereocenters. The Bertz CT molecular complexity index is 459. The van der Waals surface area contributed by atoms with Crippen LogP contribution in [-0.4, -0.2) is 9.78 Å². The van der Waals surface area contributed by atoms with Gasteiger partial charge in [0.05, 0.1) is 11.7 Å². The van der Waals surface area contributed by atoms with Crippen molar-refractivity contribution in [3.8, 4) is 0 Å². The first-order valence-corrected chi connectivity index (χ1v) is 7.32. The molecule has 0 N–H and O–H groups in total. The van der Waals surface area contributed by atoms with Crippen molar-refractivity contribution in [2.24, 2.45) is 0 Å². The highest BCUT2D eigenvalue weighted by Crippen LogP contribution is 2.14. The fraction of sp³-hybridized carbons (Fsp3) is 0.562. The molecule has 0 aliphatic heterocycles. The van der Waals surface area contributed by atoms with Gasteiger partial charge in [-0.2, -0.15) is 5.10 Å². The number of hydrogen-bond acceptors (Lipinski definition) is 1. The SMILES string of the molecule is CCCCCCCCCn1ncc2ccccc21. The van der Waals surface area contributed by atoms with E-state index in [2.05, 4.69) is 41.0 Å². The second-order valence-electron chi connectivity index (χ2n) is 5.05. The van der Waals surface area contributed by atoms with E-state index < -0.39 is 0 Å². The number of rotatable bonds is 8. The largest absolute Gasteiger partial charge is 0.265 e. The molecule has 1 heterocycles. The van der Waals surface area contributed by atoms with Crippen LogP contribution in [0, 0.1) is 0 Å². The summed E-state index contributed by atoms with van der Waals surface area (Å²) in [5.41, 5.74) is 1.27. The van der Waals surface area contributed by atoms with E-state index in [0.717, 1.165) is 6.54 Å². The lowest BCUT2D eigenvalue weighted by Gasteiger charge is -2.04. The molecule has 0 bridgehead atoms.